The lowest BCUT2D eigenvalue weighted by Gasteiger charge is -2.38. The van der Waals surface area contributed by atoms with Crippen molar-refractivity contribution < 1.29 is 4.39 Å². The lowest BCUT2D eigenvalue weighted by molar-refractivity contribution is 0.104. The minimum Gasteiger partial charge on any atom is -0.327 e. The van der Waals surface area contributed by atoms with E-state index in [1.165, 1.54) is 6.07 Å². The molecule has 1 aromatic rings. The Labute approximate surface area is 125 Å². The first-order valence-corrected chi connectivity index (χ1v) is 7.42. The number of benzene rings is 1. The van der Waals surface area contributed by atoms with Gasteiger partial charge in [-0.25, -0.2) is 4.39 Å². The van der Waals surface area contributed by atoms with Gasteiger partial charge in [0.2, 0.25) is 0 Å². The van der Waals surface area contributed by atoms with Gasteiger partial charge in [-0.1, -0.05) is 11.6 Å². The minimum atomic E-state index is -0.223. The van der Waals surface area contributed by atoms with Gasteiger partial charge in [0.15, 0.2) is 0 Å². The SMILES string of the molecule is CN1CCN(C)C(CC(N)Cc2cc(Cl)ccc2F)C1. The summed E-state index contributed by atoms with van der Waals surface area (Å²) >= 11 is 5.91. The summed E-state index contributed by atoms with van der Waals surface area (Å²) in [5.74, 6) is -0.223. The molecule has 2 N–H and O–H groups in total. The lowest BCUT2D eigenvalue weighted by atomic mass is 9.98. The van der Waals surface area contributed by atoms with E-state index in [9.17, 15) is 4.39 Å². The van der Waals surface area contributed by atoms with Crippen LogP contribution < -0.4 is 5.73 Å². The Morgan fingerprint density at radius 2 is 2.15 bits per heavy atom. The second kappa shape index (κ2) is 6.85. The number of nitrogens with two attached hydrogens (primary N) is 1. The van der Waals surface area contributed by atoms with E-state index in [-0.39, 0.29) is 11.9 Å². The van der Waals surface area contributed by atoms with Gasteiger partial charge in [0.05, 0.1) is 0 Å². The van der Waals surface area contributed by atoms with Gasteiger partial charge in [0.1, 0.15) is 5.82 Å². The molecule has 0 radical (unpaired) electrons. The smallest absolute Gasteiger partial charge is 0.126 e. The third-order valence-corrected chi connectivity index (χ3v) is 4.28. The van der Waals surface area contributed by atoms with Crippen LogP contribution in [0.5, 0.6) is 0 Å². The summed E-state index contributed by atoms with van der Waals surface area (Å²) in [5, 5.41) is 0.558. The zero-order chi connectivity index (χ0) is 14.7. The molecule has 1 aliphatic heterocycles. The highest BCUT2D eigenvalue weighted by Crippen LogP contribution is 2.18. The Hall–Kier alpha value is -0.680. The number of rotatable bonds is 4. The molecule has 1 saturated heterocycles. The Morgan fingerprint density at radius 3 is 2.90 bits per heavy atom. The van der Waals surface area contributed by atoms with Crippen LogP contribution in [-0.2, 0) is 6.42 Å². The van der Waals surface area contributed by atoms with Crippen molar-refractivity contribution in [2.75, 3.05) is 33.7 Å². The topological polar surface area (TPSA) is 32.5 Å². The molecule has 1 aromatic carbocycles. The van der Waals surface area contributed by atoms with Crippen LogP contribution in [0.25, 0.3) is 0 Å². The van der Waals surface area contributed by atoms with Crippen LogP contribution in [0.4, 0.5) is 4.39 Å². The molecule has 1 fully saturated rings. The summed E-state index contributed by atoms with van der Waals surface area (Å²) in [4.78, 5) is 4.66. The molecule has 5 heteroatoms. The molecule has 0 saturated carbocycles. The number of hydrogen-bond acceptors (Lipinski definition) is 3. The van der Waals surface area contributed by atoms with E-state index < -0.39 is 0 Å². The fourth-order valence-corrected chi connectivity index (χ4v) is 2.97. The molecule has 2 unspecified atom stereocenters. The summed E-state index contributed by atoms with van der Waals surface area (Å²) in [6.45, 7) is 3.16. The van der Waals surface area contributed by atoms with E-state index in [0.717, 1.165) is 26.1 Å². The Balaban J connectivity index is 1.94. The second-order valence-corrected chi connectivity index (χ2v) is 6.27. The summed E-state index contributed by atoms with van der Waals surface area (Å²) in [6.07, 6.45) is 1.40. The summed E-state index contributed by atoms with van der Waals surface area (Å²) in [6, 6.07) is 5.03. The number of nitrogens with zero attached hydrogens (tertiary/aromatic N) is 2. The normalized spacial score (nSPS) is 22.9. The highest BCUT2D eigenvalue weighted by molar-refractivity contribution is 6.30. The molecule has 0 aromatic heterocycles. The maximum absolute atomic E-state index is 13.7. The number of piperazine rings is 1. The zero-order valence-corrected chi connectivity index (χ0v) is 12.9. The predicted molar refractivity (Wildman–Crippen MR) is 81.6 cm³/mol. The van der Waals surface area contributed by atoms with Gasteiger partial charge in [-0.3, -0.25) is 0 Å². The molecule has 0 bridgehead atoms. The Bertz CT molecular complexity index is 455. The van der Waals surface area contributed by atoms with Crippen LogP contribution in [0.3, 0.4) is 0 Å². The molecule has 1 heterocycles. The van der Waals surface area contributed by atoms with Crippen molar-refractivity contribution in [1.29, 1.82) is 0 Å². The van der Waals surface area contributed by atoms with Gasteiger partial charge in [0, 0.05) is 36.7 Å². The van der Waals surface area contributed by atoms with Crippen molar-refractivity contribution in [3.05, 3.63) is 34.6 Å². The van der Waals surface area contributed by atoms with Gasteiger partial charge >= 0.3 is 0 Å². The monoisotopic (exact) mass is 299 g/mol. The van der Waals surface area contributed by atoms with Crippen molar-refractivity contribution in [3.8, 4) is 0 Å². The van der Waals surface area contributed by atoms with E-state index in [4.69, 9.17) is 17.3 Å². The van der Waals surface area contributed by atoms with Crippen LogP contribution in [0.15, 0.2) is 18.2 Å². The molecule has 1 aliphatic rings. The largest absolute Gasteiger partial charge is 0.327 e. The molecular weight excluding hydrogens is 277 g/mol. The van der Waals surface area contributed by atoms with E-state index >= 15 is 0 Å². The Morgan fingerprint density at radius 1 is 1.40 bits per heavy atom. The van der Waals surface area contributed by atoms with Crippen LogP contribution in [0, 0.1) is 5.82 Å². The standard InChI is InChI=1S/C15H23ClFN3/c1-19-5-6-20(2)14(10-19)9-13(18)8-11-7-12(16)3-4-15(11)17/h3-4,7,13-14H,5-6,8-10,18H2,1-2H3. The van der Waals surface area contributed by atoms with Crippen LogP contribution in [0.2, 0.25) is 5.02 Å². The number of halogens is 2. The predicted octanol–water partition coefficient (Wildman–Crippen LogP) is 1.98. The van der Waals surface area contributed by atoms with Crippen LogP contribution in [-0.4, -0.2) is 55.6 Å². The molecule has 0 spiro atoms. The van der Waals surface area contributed by atoms with Gasteiger partial charge in [-0.05, 0) is 50.7 Å². The Kier molecular flexibility index (Phi) is 5.38. The van der Waals surface area contributed by atoms with Crippen LogP contribution >= 0.6 is 11.6 Å². The van der Waals surface area contributed by atoms with Crippen molar-refractivity contribution in [1.82, 2.24) is 9.80 Å². The molecule has 20 heavy (non-hydrogen) atoms. The molecule has 0 amide bonds. The van der Waals surface area contributed by atoms with Gasteiger partial charge in [-0.2, -0.15) is 0 Å². The van der Waals surface area contributed by atoms with E-state index in [1.54, 1.807) is 12.1 Å². The molecule has 2 atom stereocenters. The maximum atomic E-state index is 13.7. The van der Waals surface area contributed by atoms with E-state index in [0.29, 0.717) is 23.0 Å². The van der Waals surface area contributed by atoms with Crippen molar-refractivity contribution in [2.24, 2.45) is 5.73 Å². The average Bonchev–Trinajstić information content (AvgIpc) is 2.38. The minimum absolute atomic E-state index is 0.0538. The molecule has 3 nitrogen and oxygen atoms in total. The molecule has 0 aliphatic carbocycles. The third-order valence-electron chi connectivity index (χ3n) is 4.04. The maximum Gasteiger partial charge on any atom is 0.126 e. The van der Waals surface area contributed by atoms with Crippen LogP contribution in [0.1, 0.15) is 12.0 Å². The fourth-order valence-electron chi connectivity index (χ4n) is 2.77. The number of hydrogen-bond donors (Lipinski definition) is 1. The lowest BCUT2D eigenvalue weighted by Crippen LogP contribution is -2.51. The van der Waals surface area contributed by atoms with Gasteiger partial charge in [0.25, 0.3) is 0 Å². The first kappa shape index (κ1) is 15.7. The molecular formula is C15H23ClFN3. The van der Waals surface area contributed by atoms with E-state index in [1.807, 2.05) is 0 Å². The first-order valence-electron chi connectivity index (χ1n) is 7.04. The van der Waals surface area contributed by atoms with Crippen molar-refractivity contribution in [3.63, 3.8) is 0 Å². The molecule has 112 valence electrons. The quantitative estimate of drug-likeness (QED) is 0.923. The summed E-state index contributed by atoms with van der Waals surface area (Å²) < 4.78 is 13.7. The first-order chi connectivity index (χ1) is 9.45. The third kappa shape index (κ3) is 4.16. The van der Waals surface area contributed by atoms with Gasteiger partial charge < -0.3 is 15.5 Å². The average molecular weight is 300 g/mol. The second-order valence-electron chi connectivity index (χ2n) is 5.83. The summed E-state index contributed by atoms with van der Waals surface area (Å²) in [7, 11) is 4.26. The highest BCUT2D eigenvalue weighted by Gasteiger charge is 2.24. The number of likely N-dealkylation sites (N-methyl/N-ethyl adjacent to an activating group) is 2. The van der Waals surface area contributed by atoms with Crippen molar-refractivity contribution in [2.45, 2.75) is 24.9 Å². The van der Waals surface area contributed by atoms with Crippen molar-refractivity contribution >= 4 is 11.6 Å². The van der Waals surface area contributed by atoms with Gasteiger partial charge in [-0.15, -0.1) is 0 Å². The van der Waals surface area contributed by atoms with E-state index in [2.05, 4.69) is 23.9 Å². The summed E-state index contributed by atoms with van der Waals surface area (Å²) in [5.41, 5.74) is 6.82. The zero-order valence-electron chi connectivity index (χ0n) is 12.1. The molecule has 2 rings (SSSR count). The fraction of sp³-hybridized carbons (Fsp3) is 0.600. The highest BCUT2D eigenvalue weighted by atomic mass is 35.5.